The van der Waals surface area contributed by atoms with Gasteiger partial charge in [0, 0.05) is 27.2 Å². The van der Waals surface area contributed by atoms with Crippen molar-refractivity contribution in [2.45, 2.75) is 18.2 Å². The van der Waals surface area contributed by atoms with E-state index in [1.165, 1.54) is 25.1 Å². The molecule has 1 aliphatic heterocycles. The molecule has 0 radical (unpaired) electrons. The summed E-state index contributed by atoms with van der Waals surface area (Å²) in [6, 6.07) is 1.41. The molecule has 0 spiro atoms. The summed E-state index contributed by atoms with van der Waals surface area (Å²) in [5.74, 6) is -1.90. The molecule has 128 valence electrons. The summed E-state index contributed by atoms with van der Waals surface area (Å²) in [5, 5.41) is 10.8. The van der Waals surface area contributed by atoms with Crippen LogP contribution in [0.15, 0.2) is 16.3 Å². The van der Waals surface area contributed by atoms with Gasteiger partial charge in [0.15, 0.2) is 0 Å². The molecule has 1 aliphatic rings. The number of nitrogens with zero attached hydrogens (tertiary/aromatic N) is 2. The largest absolute Gasteiger partial charge is 0.481 e. The van der Waals surface area contributed by atoms with Crippen LogP contribution in [-0.4, -0.2) is 61.8 Å². The predicted molar refractivity (Wildman–Crippen MR) is 86.0 cm³/mol. The predicted octanol–water partition coefficient (Wildman–Crippen LogP) is 1.18. The van der Waals surface area contributed by atoms with Crippen molar-refractivity contribution in [1.82, 2.24) is 9.21 Å². The number of aliphatic carboxylic acids is 1. The van der Waals surface area contributed by atoms with Crippen LogP contribution in [0.5, 0.6) is 0 Å². The van der Waals surface area contributed by atoms with Crippen LogP contribution in [0.1, 0.15) is 23.0 Å². The van der Waals surface area contributed by atoms with E-state index in [0.717, 1.165) is 15.6 Å². The van der Waals surface area contributed by atoms with E-state index in [-0.39, 0.29) is 22.2 Å². The minimum atomic E-state index is -3.71. The Morgan fingerprint density at radius 1 is 1.35 bits per heavy atom. The average molecular weight is 360 g/mol. The zero-order chi connectivity index (χ0) is 17.4. The van der Waals surface area contributed by atoms with Crippen molar-refractivity contribution < 1.29 is 23.1 Å². The van der Waals surface area contributed by atoms with Gasteiger partial charge in [-0.3, -0.25) is 9.59 Å². The molecule has 2 atom stereocenters. The van der Waals surface area contributed by atoms with E-state index in [1.54, 1.807) is 5.38 Å². The highest BCUT2D eigenvalue weighted by atomic mass is 32.2. The summed E-state index contributed by atoms with van der Waals surface area (Å²) in [7, 11) is -0.897. The Hall–Kier alpha value is -1.45. The maximum absolute atomic E-state index is 12.7. The number of carboxylic acid groups (broad SMARTS) is 1. The van der Waals surface area contributed by atoms with Crippen LogP contribution in [0, 0.1) is 11.8 Å². The minimum Gasteiger partial charge on any atom is -0.481 e. The number of carbonyl (C=O) groups is 2. The molecular formula is C14H20N2O5S2. The Bertz CT molecular complexity index is 711. The summed E-state index contributed by atoms with van der Waals surface area (Å²) in [4.78, 5) is 25.5. The maximum atomic E-state index is 12.7. The molecule has 0 aliphatic carbocycles. The zero-order valence-electron chi connectivity index (χ0n) is 13.2. The highest BCUT2D eigenvalue weighted by molar-refractivity contribution is 7.89. The Morgan fingerprint density at radius 2 is 2.00 bits per heavy atom. The summed E-state index contributed by atoms with van der Waals surface area (Å²) < 4.78 is 25.7. The fourth-order valence-electron chi connectivity index (χ4n) is 2.69. The van der Waals surface area contributed by atoms with Gasteiger partial charge in [0.25, 0.3) is 5.91 Å². The van der Waals surface area contributed by atoms with E-state index < -0.39 is 27.8 Å². The summed E-state index contributed by atoms with van der Waals surface area (Å²) >= 11 is 1.06. The van der Waals surface area contributed by atoms with Crippen molar-refractivity contribution in [3.63, 3.8) is 0 Å². The van der Waals surface area contributed by atoms with E-state index in [1.807, 2.05) is 6.92 Å². The lowest BCUT2D eigenvalue weighted by Gasteiger charge is -2.34. The average Bonchev–Trinajstić information content (AvgIpc) is 2.95. The summed E-state index contributed by atoms with van der Waals surface area (Å²) in [6.07, 6.45) is 0.520. The van der Waals surface area contributed by atoms with E-state index in [4.69, 9.17) is 0 Å². The van der Waals surface area contributed by atoms with Crippen LogP contribution < -0.4 is 0 Å². The first-order valence-corrected chi connectivity index (χ1v) is 9.48. The molecule has 1 N–H and O–H groups in total. The number of thiophene rings is 1. The highest BCUT2D eigenvalue weighted by Gasteiger charge is 2.35. The molecule has 1 aromatic rings. The SMILES string of the molecule is CC1CC(C(=O)O)CN(C(=O)c2sccc2S(=O)(=O)N(C)C)C1. The van der Waals surface area contributed by atoms with Gasteiger partial charge in [-0.25, -0.2) is 12.7 Å². The number of sulfonamides is 1. The Balaban J connectivity index is 2.32. The number of likely N-dealkylation sites (tertiary alicyclic amines) is 1. The van der Waals surface area contributed by atoms with Crippen molar-refractivity contribution in [3.05, 3.63) is 16.3 Å². The molecule has 7 nitrogen and oxygen atoms in total. The van der Waals surface area contributed by atoms with Crippen LogP contribution in [0.3, 0.4) is 0 Å². The molecule has 1 aromatic heterocycles. The minimum absolute atomic E-state index is 0.0254. The number of hydrogen-bond donors (Lipinski definition) is 1. The van der Waals surface area contributed by atoms with Gasteiger partial charge < -0.3 is 10.0 Å². The number of hydrogen-bond acceptors (Lipinski definition) is 5. The van der Waals surface area contributed by atoms with Gasteiger partial charge in [0.2, 0.25) is 10.0 Å². The van der Waals surface area contributed by atoms with E-state index in [0.29, 0.717) is 13.0 Å². The smallest absolute Gasteiger partial charge is 0.308 e. The third-order valence-electron chi connectivity index (χ3n) is 3.88. The van der Waals surface area contributed by atoms with E-state index in [9.17, 15) is 23.1 Å². The lowest BCUT2D eigenvalue weighted by Crippen LogP contribution is -2.45. The van der Waals surface area contributed by atoms with Crippen LogP contribution in [0.4, 0.5) is 0 Å². The molecule has 23 heavy (non-hydrogen) atoms. The Labute approximate surface area is 139 Å². The second-order valence-corrected chi connectivity index (χ2v) is 9.02. The number of carboxylic acids is 1. The van der Waals surface area contributed by atoms with Gasteiger partial charge in [-0.15, -0.1) is 11.3 Å². The van der Waals surface area contributed by atoms with E-state index in [2.05, 4.69) is 0 Å². The first-order valence-electron chi connectivity index (χ1n) is 7.16. The highest BCUT2D eigenvalue weighted by Crippen LogP contribution is 2.29. The van der Waals surface area contributed by atoms with Crippen molar-refractivity contribution in [2.24, 2.45) is 11.8 Å². The van der Waals surface area contributed by atoms with E-state index >= 15 is 0 Å². The van der Waals surface area contributed by atoms with Crippen molar-refractivity contribution in [1.29, 1.82) is 0 Å². The van der Waals surface area contributed by atoms with Gasteiger partial charge in [0.1, 0.15) is 9.77 Å². The summed E-state index contributed by atoms with van der Waals surface area (Å²) in [6.45, 7) is 2.43. The van der Waals surface area contributed by atoms with Gasteiger partial charge in [0.05, 0.1) is 5.92 Å². The van der Waals surface area contributed by atoms with Crippen LogP contribution >= 0.6 is 11.3 Å². The fourth-order valence-corrected chi connectivity index (χ4v) is 4.95. The monoisotopic (exact) mass is 360 g/mol. The second kappa shape index (κ2) is 6.58. The lowest BCUT2D eigenvalue weighted by atomic mass is 9.90. The normalized spacial score (nSPS) is 22.3. The van der Waals surface area contributed by atoms with Gasteiger partial charge in [-0.05, 0) is 23.8 Å². The first-order chi connectivity index (χ1) is 10.6. The first kappa shape index (κ1) is 17.9. The van der Waals surface area contributed by atoms with Gasteiger partial charge >= 0.3 is 5.97 Å². The third-order valence-corrected chi connectivity index (χ3v) is 6.77. The van der Waals surface area contributed by atoms with Crippen LogP contribution in [0.25, 0.3) is 0 Å². The molecule has 1 fully saturated rings. The molecular weight excluding hydrogens is 340 g/mol. The molecule has 0 saturated carbocycles. The molecule has 9 heteroatoms. The van der Waals surface area contributed by atoms with Gasteiger partial charge in [-0.2, -0.15) is 0 Å². The fraction of sp³-hybridized carbons (Fsp3) is 0.571. The zero-order valence-corrected chi connectivity index (χ0v) is 14.9. The topological polar surface area (TPSA) is 95.0 Å². The molecule has 2 heterocycles. The lowest BCUT2D eigenvalue weighted by molar-refractivity contribution is -0.143. The molecule has 1 amide bonds. The molecule has 1 saturated heterocycles. The molecule has 2 unspecified atom stereocenters. The van der Waals surface area contributed by atoms with Crippen LogP contribution in [0.2, 0.25) is 0 Å². The third kappa shape index (κ3) is 3.56. The van der Waals surface area contributed by atoms with Crippen molar-refractivity contribution >= 4 is 33.2 Å². The maximum Gasteiger partial charge on any atom is 0.308 e. The quantitative estimate of drug-likeness (QED) is 0.870. The Morgan fingerprint density at radius 3 is 2.57 bits per heavy atom. The van der Waals surface area contributed by atoms with Crippen LogP contribution in [-0.2, 0) is 14.8 Å². The number of carbonyl (C=O) groups excluding carboxylic acids is 1. The van der Waals surface area contributed by atoms with Crippen molar-refractivity contribution in [2.75, 3.05) is 27.2 Å². The Kier molecular flexibility index (Phi) is 5.12. The number of amides is 1. The molecule has 2 rings (SSSR count). The standard InChI is InChI=1S/C14H20N2O5S2/c1-9-6-10(14(18)19)8-16(7-9)13(17)12-11(4-5-22-12)23(20,21)15(2)3/h4-5,9-10H,6-8H2,1-3H3,(H,18,19). The van der Waals surface area contributed by atoms with Crippen molar-refractivity contribution in [3.8, 4) is 0 Å². The second-order valence-electron chi connectivity index (χ2n) is 5.99. The number of rotatable bonds is 4. The van der Waals surface area contributed by atoms with Gasteiger partial charge in [-0.1, -0.05) is 6.92 Å². The summed E-state index contributed by atoms with van der Waals surface area (Å²) in [5.41, 5.74) is 0. The molecule has 0 bridgehead atoms. The number of piperidine rings is 1. The molecule has 0 aromatic carbocycles.